The van der Waals surface area contributed by atoms with Crippen molar-refractivity contribution in [3.8, 4) is 0 Å². The lowest BCUT2D eigenvalue weighted by Gasteiger charge is -2.26. The molecule has 27 heavy (non-hydrogen) atoms. The summed E-state index contributed by atoms with van der Waals surface area (Å²) in [6.07, 6.45) is 0. The third-order valence-corrected chi connectivity index (χ3v) is 8.15. The zero-order valence-corrected chi connectivity index (χ0v) is 17.1. The second-order valence-corrected chi connectivity index (χ2v) is 10.1. The molecular weight excluding hydrogens is 435 g/mol. The fraction of sp³-hybridized carbons (Fsp3) is 0.250. The fourth-order valence-corrected chi connectivity index (χ4v) is 5.82. The van der Waals surface area contributed by atoms with Gasteiger partial charge in [-0.3, -0.25) is 4.72 Å². The van der Waals surface area contributed by atoms with E-state index in [-0.39, 0.29) is 38.6 Å². The lowest BCUT2D eigenvalue weighted by Crippen LogP contribution is -2.40. The van der Waals surface area contributed by atoms with E-state index in [9.17, 15) is 16.8 Å². The van der Waals surface area contributed by atoms with E-state index in [1.165, 1.54) is 46.8 Å². The van der Waals surface area contributed by atoms with Crippen LogP contribution in [0, 0.1) is 0 Å². The van der Waals surface area contributed by atoms with Crippen LogP contribution in [-0.2, 0) is 24.8 Å². The van der Waals surface area contributed by atoms with Gasteiger partial charge in [0.25, 0.3) is 10.0 Å². The molecule has 7 nitrogen and oxygen atoms in total. The molecule has 2 aromatic rings. The molecule has 0 saturated carbocycles. The number of ether oxygens (including phenoxy) is 1. The summed E-state index contributed by atoms with van der Waals surface area (Å²) in [6, 6.07) is 9.83. The molecule has 11 heteroatoms. The number of halogens is 2. The molecule has 1 heterocycles. The van der Waals surface area contributed by atoms with E-state index in [2.05, 4.69) is 4.72 Å². The molecule has 146 valence electrons. The first-order valence-electron chi connectivity index (χ1n) is 7.86. The Bertz CT molecular complexity index is 1050. The maximum Gasteiger partial charge on any atom is 0.263 e. The van der Waals surface area contributed by atoms with E-state index < -0.39 is 20.0 Å². The number of rotatable bonds is 5. The Labute approximate surface area is 167 Å². The number of nitrogens with zero attached hydrogens (tertiary/aromatic N) is 1. The van der Waals surface area contributed by atoms with Crippen molar-refractivity contribution in [2.24, 2.45) is 0 Å². The van der Waals surface area contributed by atoms with Crippen molar-refractivity contribution in [3.05, 3.63) is 52.5 Å². The van der Waals surface area contributed by atoms with E-state index in [0.717, 1.165) is 0 Å². The van der Waals surface area contributed by atoms with Crippen LogP contribution in [0.5, 0.6) is 0 Å². The molecule has 2 aromatic carbocycles. The van der Waals surface area contributed by atoms with Crippen molar-refractivity contribution in [1.82, 2.24) is 4.31 Å². The van der Waals surface area contributed by atoms with Crippen LogP contribution in [0.2, 0.25) is 10.0 Å². The maximum absolute atomic E-state index is 12.7. The van der Waals surface area contributed by atoms with Crippen molar-refractivity contribution >= 4 is 48.9 Å². The molecule has 0 radical (unpaired) electrons. The molecule has 0 aromatic heterocycles. The first-order chi connectivity index (χ1) is 12.7. The average molecular weight is 451 g/mol. The molecular formula is C16H16Cl2N2O5S2. The van der Waals surface area contributed by atoms with E-state index >= 15 is 0 Å². The van der Waals surface area contributed by atoms with Crippen molar-refractivity contribution in [2.45, 2.75) is 9.79 Å². The van der Waals surface area contributed by atoms with Gasteiger partial charge in [0.2, 0.25) is 10.0 Å². The third kappa shape index (κ3) is 4.39. The highest BCUT2D eigenvalue weighted by Gasteiger charge is 2.27. The minimum absolute atomic E-state index is 0.0122. The maximum atomic E-state index is 12.7. The first-order valence-corrected chi connectivity index (χ1v) is 11.5. The molecule has 0 atom stereocenters. The van der Waals surface area contributed by atoms with Crippen LogP contribution in [-0.4, -0.2) is 47.4 Å². The van der Waals surface area contributed by atoms with Gasteiger partial charge in [-0.05, 0) is 30.3 Å². The lowest BCUT2D eigenvalue weighted by molar-refractivity contribution is 0.0730. The normalized spacial score (nSPS) is 16.2. The van der Waals surface area contributed by atoms with Crippen LogP contribution in [0.3, 0.4) is 0 Å². The topological polar surface area (TPSA) is 92.8 Å². The van der Waals surface area contributed by atoms with Gasteiger partial charge in [-0.25, -0.2) is 16.8 Å². The quantitative estimate of drug-likeness (QED) is 0.755. The molecule has 0 bridgehead atoms. The highest BCUT2D eigenvalue weighted by Crippen LogP contribution is 2.30. The van der Waals surface area contributed by atoms with Crippen LogP contribution in [0.4, 0.5) is 5.69 Å². The molecule has 1 aliphatic rings. The van der Waals surface area contributed by atoms with Gasteiger partial charge in [-0.1, -0.05) is 35.3 Å². The summed E-state index contributed by atoms with van der Waals surface area (Å²) < 4.78 is 59.5. The third-order valence-electron chi connectivity index (χ3n) is 3.90. The summed E-state index contributed by atoms with van der Waals surface area (Å²) in [5.74, 6) is 0. The predicted molar refractivity (Wildman–Crippen MR) is 103 cm³/mol. The Balaban J connectivity index is 1.91. The molecule has 0 amide bonds. The number of hydrogen-bond donors (Lipinski definition) is 1. The Morgan fingerprint density at radius 2 is 1.63 bits per heavy atom. The summed E-state index contributed by atoms with van der Waals surface area (Å²) in [4.78, 5) is -0.208. The zero-order valence-electron chi connectivity index (χ0n) is 13.9. The van der Waals surface area contributed by atoms with Gasteiger partial charge >= 0.3 is 0 Å². The van der Waals surface area contributed by atoms with Gasteiger partial charge < -0.3 is 4.74 Å². The molecule has 1 saturated heterocycles. The Kier molecular flexibility index (Phi) is 5.99. The largest absolute Gasteiger partial charge is 0.379 e. The summed E-state index contributed by atoms with van der Waals surface area (Å²) in [5.41, 5.74) is 0.0976. The van der Waals surface area contributed by atoms with Crippen LogP contribution in [0.1, 0.15) is 0 Å². The number of nitrogens with one attached hydrogen (secondary N) is 1. The molecule has 0 unspecified atom stereocenters. The highest BCUT2D eigenvalue weighted by molar-refractivity contribution is 7.93. The number of sulfonamides is 2. The standard InChI is InChI=1S/C16H16Cl2N2O5S2/c17-14-5-2-6-15(16(14)18)26(21,22)19-12-3-1-4-13(11-12)27(23,24)20-7-9-25-10-8-20/h1-6,11,19H,7-10H2. The number of hydrogen-bond acceptors (Lipinski definition) is 5. The second kappa shape index (κ2) is 7.94. The van der Waals surface area contributed by atoms with E-state index in [0.29, 0.717) is 13.2 Å². The SMILES string of the molecule is O=S(=O)(Nc1cccc(S(=O)(=O)N2CCOCC2)c1)c1cccc(Cl)c1Cl. The number of benzene rings is 2. The Morgan fingerprint density at radius 1 is 0.963 bits per heavy atom. The van der Waals surface area contributed by atoms with E-state index in [1.54, 1.807) is 0 Å². The predicted octanol–water partition coefficient (Wildman–Crippen LogP) is 2.82. The lowest BCUT2D eigenvalue weighted by atomic mass is 10.3. The fourth-order valence-electron chi connectivity index (χ4n) is 2.56. The zero-order chi connectivity index (χ0) is 19.7. The Morgan fingerprint density at radius 3 is 2.33 bits per heavy atom. The molecule has 0 aliphatic carbocycles. The smallest absolute Gasteiger partial charge is 0.263 e. The average Bonchev–Trinajstić information content (AvgIpc) is 2.64. The minimum Gasteiger partial charge on any atom is -0.379 e. The molecule has 0 spiro atoms. The summed E-state index contributed by atoms with van der Waals surface area (Å²) >= 11 is 11.9. The van der Waals surface area contributed by atoms with E-state index in [1.807, 2.05) is 0 Å². The monoisotopic (exact) mass is 450 g/mol. The first kappa shape index (κ1) is 20.4. The van der Waals surface area contributed by atoms with Crippen LogP contribution < -0.4 is 4.72 Å². The van der Waals surface area contributed by atoms with Gasteiger partial charge in [0, 0.05) is 13.1 Å². The summed E-state index contributed by atoms with van der Waals surface area (Å²) in [7, 11) is -7.80. The van der Waals surface area contributed by atoms with Crippen LogP contribution in [0.25, 0.3) is 0 Å². The van der Waals surface area contributed by atoms with E-state index in [4.69, 9.17) is 27.9 Å². The van der Waals surface area contributed by atoms with Crippen LogP contribution in [0.15, 0.2) is 52.3 Å². The van der Waals surface area contributed by atoms with Crippen molar-refractivity contribution in [3.63, 3.8) is 0 Å². The summed E-state index contributed by atoms with van der Waals surface area (Å²) in [6.45, 7) is 1.13. The number of morpholine rings is 1. The molecule has 3 rings (SSSR count). The Hall–Kier alpha value is -1.36. The molecule has 1 N–H and O–H groups in total. The highest BCUT2D eigenvalue weighted by atomic mass is 35.5. The van der Waals surface area contributed by atoms with Crippen molar-refractivity contribution in [1.29, 1.82) is 0 Å². The van der Waals surface area contributed by atoms with Gasteiger partial charge in [0.1, 0.15) is 4.90 Å². The van der Waals surface area contributed by atoms with Gasteiger partial charge in [-0.2, -0.15) is 4.31 Å². The van der Waals surface area contributed by atoms with Crippen molar-refractivity contribution in [2.75, 3.05) is 31.0 Å². The van der Waals surface area contributed by atoms with Crippen molar-refractivity contribution < 1.29 is 21.6 Å². The van der Waals surface area contributed by atoms with Gasteiger partial charge in [-0.15, -0.1) is 0 Å². The second-order valence-electron chi connectivity index (χ2n) is 5.70. The number of anilines is 1. The van der Waals surface area contributed by atoms with Crippen LogP contribution >= 0.6 is 23.2 Å². The molecule has 1 aliphatic heterocycles. The summed E-state index contributed by atoms with van der Waals surface area (Å²) in [5, 5.41) is -0.00746. The minimum atomic E-state index is -4.05. The molecule has 1 fully saturated rings. The van der Waals surface area contributed by atoms with Gasteiger partial charge in [0.05, 0.1) is 33.8 Å². The van der Waals surface area contributed by atoms with Gasteiger partial charge in [0.15, 0.2) is 0 Å².